The van der Waals surface area contributed by atoms with Gasteiger partial charge in [0.05, 0.1) is 5.69 Å². The maximum absolute atomic E-state index is 12.2. The van der Waals surface area contributed by atoms with E-state index in [1.807, 2.05) is 0 Å². The molecule has 0 bridgehead atoms. The lowest BCUT2D eigenvalue weighted by atomic mass is 9.94. The SMILES string of the molecule is O=C1COc2ccc(C(=O)COC(=O)[C@@H](O)C3CCOCC3)cc2N1. The minimum atomic E-state index is -1.26. The Balaban J connectivity index is 1.56. The third kappa shape index (κ3) is 4.15. The van der Waals surface area contributed by atoms with Gasteiger partial charge in [-0.2, -0.15) is 0 Å². The number of aliphatic hydroxyl groups is 1. The summed E-state index contributed by atoms with van der Waals surface area (Å²) >= 11 is 0. The van der Waals surface area contributed by atoms with Gasteiger partial charge in [0.25, 0.3) is 5.91 Å². The summed E-state index contributed by atoms with van der Waals surface area (Å²) in [5, 5.41) is 12.6. The van der Waals surface area contributed by atoms with Crippen molar-refractivity contribution < 1.29 is 33.7 Å². The predicted octanol–water partition coefficient (Wildman–Crippen LogP) is 0.531. The first-order chi connectivity index (χ1) is 12.0. The summed E-state index contributed by atoms with van der Waals surface area (Å²) < 4.78 is 15.3. The molecule has 0 radical (unpaired) electrons. The molecule has 2 N–H and O–H groups in total. The average molecular weight is 349 g/mol. The summed E-state index contributed by atoms with van der Waals surface area (Å²) in [6.45, 7) is 0.447. The number of Topliss-reactive ketones (excluding diaryl/α,β-unsaturated/α-hetero) is 1. The molecule has 25 heavy (non-hydrogen) atoms. The molecule has 1 atom stereocenters. The standard InChI is InChI=1S/C17H19NO7/c19-13(8-25-17(22)16(21)10-3-5-23-6-4-10)11-1-2-14-12(7-11)18-15(20)9-24-14/h1-2,7,10,16,21H,3-6,8-9H2,(H,18,20)/t16-/m0/s1. The normalized spacial score (nSPS) is 18.5. The fourth-order valence-electron chi connectivity index (χ4n) is 2.79. The number of ketones is 1. The molecule has 0 aliphatic carbocycles. The molecule has 2 aliphatic heterocycles. The first-order valence-corrected chi connectivity index (χ1v) is 8.07. The van der Waals surface area contributed by atoms with Gasteiger partial charge in [0.15, 0.2) is 25.1 Å². The van der Waals surface area contributed by atoms with E-state index in [0.717, 1.165) is 0 Å². The molecule has 0 saturated carbocycles. The fraction of sp³-hybridized carbons (Fsp3) is 0.471. The maximum atomic E-state index is 12.2. The fourth-order valence-corrected chi connectivity index (χ4v) is 2.79. The van der Waals surface area contributed by atoms with Gasteiger partial charge in [0.1, 0.15) is 5.75 Å². The number of rotatable bonds is 5. The Morgan fingerprint density at radius 3 is 2.84 bits per heavy atom. The summed E-state index contributed by atoms with van der Waals surface area (Å²) in [5.74, 6) is -1.29. The number of anilines is 1. The van der Waals surface area contributed by atoms with Gasteiger partial charge in [0, 0.05) is 18.8 Å². The van der Waals surface area contributed by atoms with Crippen LogP contribution in [0.25, 0.3) is 0 Å². The third-order valence-corrected chi connectivity index (χ3v) is 4.23. The quantitative estimate of drug-likeness (QED) is 0.589. The van der Waals surface area contributed by atoms with Crippen molar-refractivity contribution >= 4 is 23.3 Å². The minimum absolute atomic E-state index is 0.0675. The number of carbonyl (C=O) groups is 3. The summed E-state index contributed by atoms with van der Waals surface area (Å²) in [6, 6.07) is 4.57. The van der Waals surface area contributed by atoms with Gasteiger partial charge in [0.2, 0.25) is 0 Å². The van der Waals surface area contributed by atoms with Crippen LogP contribution < -0.4 is 10.1 Å². The summed E-state index contributed by atoms with van der Waals surface area (Å²) in [4.78, 5) is 35.4. The van der Waals surface area contributed by atoms with Crippen molar-refractivity contribution in [3.8, 4) is 5.75 Å². The molecule has 1 aromatic rings. The number of carbonyl (C=O) groups excluding carboxylic acids is 3. The molecule has 0 unspecified atom stereocenters. The average Bonchev–Trinajstić information content (AvgIpc) is 2.65. The number of aliphatic hydroxyl groups excluding tert-OH is 1. The van der Waals surface area contributed by atoms with Crippen LogP contribution in [0.15, 0.2) is 18.2 Å². The number of benzene rings is 1. The molecule has 8 nitrogen and oxygen atoms in total. The first-order valence-electron chi connectivity index (χ1n) is 8.07. The second-order valence-electron chi connectivity index (χ2n) is 5.97. The molecule has 2 heterocycles. The van der Waals surface area contributed by atoms with Crippen molar-refractivity contribution in [3.05, 3.63) is 23.8 Å². The van der Waals surface area contributed by atoms with E-state index < -0.39 is 24.5 Å². The molecule has 3 rings (SSSR count). The molecule has 1 saturated heterocycles. The van der Waals surface area contributed by atoms with Crippen molar-refractivity contribution in [2.24, 2.45) is 5.92 Å². The highest BCUT2D eigenvalue weighted by molar-refractivity contribution is 6.01. The molecule has 1 aromatic carbocycles. The van der Waals surface area contributed by atoms with Gasteiger partial charge in [-0.15, -0.1) is 0 Å². The number of fused-ring (bicyclic) bond motifs is 1. The number of hydrogen-bond donors (Lipinski definition) is 2. The van der Waals surface area contributed by atoms with E-state index >= 15 is 0 Å². The van der Waals surface area contributed by atoms with Gasteiger partial charge >= 0.3 is 5.97 Å². The van der Waals surface area contributed by atoms with Crippen molar-refractivity contribution in [3.63, 3.8) is 0 Å². The van der Waals surface area contributed by atoms with E-state index in [1.165, 1.54) is 12.1 Å². The van der Waals surface area contributed by atoms with E-state index in [4.69, 9.17) is 14.2 Å². The van der Waals surface area contributed by atoms with Crippen LogP contribution in [0.3, 0.4) is 0 Å². The second kappa shape index (κ2) is 7.62. The molecule has 8 heteroatoms. The van der Waals surface area contributed by atoms with E-state index in [9.17, 15) is 19.5 Å². The Hall–Kier alpha value is -2.45. The molecular formula is C17H19NO7. The Bertz CT molecular complexity index is 682. The number of nitrogens with one attached hydrogen (secondary N) is 1. The van der Waals surface area contributed by atoms with Gasteiger partial charge in [-0.25, -0.2) is 4.79 Å². The molecule has 0 aromatic heterocycles. The molecular weight excluding hydrogens is 330 g/mol. The largest absolute Gasteiger partial charge is 0.482 e. The van der Waals surface area contributed by atoms with Crippen molar-refractivity contribution in [2.75, 3.05) is 31.7 Å². The minimum Gasteiger partial charge on any atom is -0.482 e. The number of hydrogen-bond acceptors (Lipinski definition) is 7. The van der Waals surface area contributed by atoms with Gasteiger partial charge < -0.3 is 24.6 Å². The highest BCUT2D eigenvalue weighted by atomic mass is 16.5. The van der Waals surface area contributed by atoms with Crippen LogP contribution in [0.4, 0.5) is 5.69 Å². The lowest BCUT2D eigenvalue weighted by Gasteiger charge is -2.25. The van der Waals surface area contributed by atoms with Gasteiger partial charge in [-0.05, 0) is 37.0 Å². The Labute approximate surface area is 144 Å². The first kappa shape index (κ1) is 17.4. The Morgan fingerprint density at radius 2 is 2.08 bits per heavy atom. The predicted molar refractivity (Wildman–Crippen MR) is 85.4 cm³/mol. The lowest BCUT2D eigenvalue weighted by Crippen LogP contribution is -2.35. The highest BCUT2D eigenvalue weighted by Crippen LogP contribution is 2.28. The zero-order chi connectivity index (χ0) is 17.8. The summed E-state index contributed by atoms with van der Waals surface area (Å²) in [6.07, 6.45) is -0.100. The van der Waals surface area contributed by atoms with Gasteiger partial charge in [-0.3, -0.25) is 9.59 Å². The zero-order valence-electron chi connectivity index (χ0n) is 13.5. The van der Waals surface area contributed by atoms with Crippen molar-refractivity contribution in [1.29, 1.82) is 0 Å². The van der Waals surface area contributed by atoms with E-state index in [0.29, 0.717) is 37.5 Å². The summed E-state index contributed by atoms with van der Waals surface area (Å²) in [7, 11) is 0. The van der Waals surface area contributed by atoms with Crippen LogP contribution in [0.1, 0.15) is 23.2 Å². The maximum Gasteiger partial charge on any atom is 0.335 e. The highest BCUT2D eigenvalue weighted by Gasteiger charge is 2.29. The van der Waals surface area contributed by atoms with Crippen LogP contribution in [-0.4, -0.2) is 55.3 Å². The van der Waals surface area contributed by atoms with E-state index in [-0.39, 0.29) is 24.0 Å². The molecule has 1 amide bonds. The molecule has 0 spiro atoms. The third-order valence-electron chi connectivity index (χ3n) is 4.23. The molecule has 134 valence electrons. The molecule has 2 aliphatic rings. The van der Waals surface area contributed by atoms with Crippen LogP contribution in [0, 0.1) is 5.92 Å². The van der Waals surface area contributed by atoms with Crippen LogP contribution in [0.5, 0.6) is 5.75 Å². The van der Waals surface area contributed by atoms with Crippen LogP contribution in [-0.2, 0) is 19.1 Å². The van der Waals surface area contributed by atoms with Crippen LogP contribution in [0.2, 0.25) is 0 Å². The Morgan fingerprint density at radius 1 is 1.32 bits per heavy atom. The number of amides is 1. The Kier molecular flexibility index (Phi) is 5.30. The second-order valence-corrected chi connectivity index (χ2v) is 5.97. The van der Waals surface area contributed by atoms with Crippen LogP contribution >= 0.6 is 0 Å². The monoisotopic (exact) mass is 349 g/mol. The number of esters is 1. The zero-order valence-corrected chi connectivity index (χ0v) is 13.5. The smallest absolute Gasteiger partial charge is 0.335 e. The molecule has 1 fully saturated rings. The lowest BCUT2D eigenvalue weighted by molar-refractivity contribution is -0.157. The van der Waals surface area contributed by atoms with Gasteiger partial charge in [-0.1, -0.05) is 0 Å². The van der Waals surface area contributed by atoms with E-state index in [1.54, 1.807) is 6.07 Å². The van der Waals surface area contributed by atoms with E-state index in [2.05, 4.69) is 5.32 Å². The summed E-state index contributed by atoms with van der Waals surface area (Å²) in [5.41, 5.74) is 0.675. The van der Waals surface area contributed by atoms with Crippen molar-refractivity contribution in [2.45, 2.75) is 18.9 Å². The van der Waals surface area contributed by atoms with Crippen molar-refractivity contribution in [1.82, 2.24) is 0 Å². The number of ether oxygens (including phenoxy) is 3. The topological polar surface area (TPSA) is 111 Å².